The molecule has 2 aliphatic rings. The number of halogens is 1. The molecule has 7 heteroatoms. The normalized spacial score (nSPS) is 23.9. The Bertz CT molecular complexity index is 451. The number of hydrogen-bond donors (Lipinski definition) is 2. The average Bonchev–Trinajstić information content (AvgIpc) is 2.63. The van der Waals surface area contributed by atoms with Crippen molar-refractivity contribution in [1.29, 1.82) is 0 Å². The molecule has 0 spiro atoms. The molecular formula is C19H38IN5O. The van der Waals surface area contributed by atoms with Gasteiger partial charge in [-0.3, -0.25) is 14.7 Å². The van der Waals surface area contributed by atoms with E-state index in [1.165, 1.54) is 25.8 Å². The molecule has 2 fully saturated rings. The first-order valence-corrected chi connectivity index (χ1v) is 9.97. The van der Waals surface area contributed by atoms with E-state index in [0.717, 1.165) is 38.4 Å². The number of likely N-dealkylation sites (tertiary alicyclic amines) is 2. The minimum absolute atomic E-state index is 0. The number of piperidine rings is 2. The van der Waals surface area contributed by atoms with Gasteiger partial charge in [0.1, 0.15) is 0 Å². The summed E-state index contributed by atoms with van der Waals surface area (Å²) in [6.07, 6.45) is 6.78. The van der Waals surface area contributed by atoms with Crippen LogP contribution < -0.4 is 10.6 Å². The van der Waals surface area contributed by atoms with Crippen LogP contribution in [0.2, 0.25) is 0 Å². The molecule has 1 amide bonds. The van der Waals surface area contributed by atoms with Crippen LogP contribution in [0.5, 0.6) is 0 Å². The van der Waals surface area contributed by atoms with Crippen LogP contribution in [0.3, 0.4) is 0 Å². The van der Waals surface area contributed by atoms with Gasteiger partial charge in [-0.25, -0.2) is 0 Å². The van der Waals surface area contributed by atoms with Crippen molar-refractivity contribution in [2.24, 2.45) is 10.9 Å². The molecule has 0 saturated carbocycles. The summed E-state index contributed by atoms with van der Waals surface area (Å²) in [7, 11) is 3.58. The molecule has 6 nitrogen and oxygen atoms in total. The number of guanidine groups is 1. The molecule has 2 saturated heterocycles. The summed E-state index contributed by atoms with van der Waals surface area (Å²) in [5, 5.41) is 6.31. The third kappa shape index (κ3) is 6.87. The quantitative estimate of drug-likeness (QED) is 0.361. The van der Waals surface area contributed by atoms with Gasteiger partial charge >= 0.3 is 0 Å². The molecule has 2 aliphatic heterocycles. The van der Waals surface area contributed by atoms with Crippen molar-refractivity contribution in [3.63, 3.8) is 0 Å². The van der Waals surface area contributed by atoms with Gasteiger partial charge < -0.3 is 15.5 Å². The summed E-state index contributed by atoms with van der Waals surface area (Å²) in [5.41, 5.74) is 0. The van der Waals surface area contributed by atoms with Gasteiger partial charge in [0.25, 0.3) is 0 Å². The van der Waals surface area contributed by atoms with Gasteiger partial charge in [0.05, 0.1) is 0 Å². The topological polar surface area (TPSA) is 60.0 Å². The predicted molar refractivity (Wildman–Crippen MR) is 119 cm³/mol. The summed E-state index contributed by atoms with van der Waals surface area (Å²) in [6, 6.07) is 1.21. The summed E-state index contributed by atoms with van der Waals surface area (Å²) in [6.45, 7) is 8.79. The minimum atomic E-state index is 0. The Balaban J connectivity index is 0.00000338. The number of nitrogens with one attached hydrogen (secondary N) is 2. The van der Waals surface area contributed by atoms with Crippen LogP contribution in [0, 0.1) is 5.92 Å². The van der Waals surface area contributed by atoms with Crippen molar-refractivity contribution in [3.8, 4) is 0 Å². The highest BCUT2D eigenvalue weighted by atomic mass is 127. The number of carbonyl (C=O) groups excluding carboxylic acids is 1. The van der Waals surface area contributed by atoms with E-state index in [1.807, 2.05) is 7.05 Å². The fourth-order valence-electron chi connectivity index (χ4n) is 4.18. The predicted octanol–water partition coefficient (Wildman–Crippen LogP) is 2.29. The van der Waals surface area contributed by atoms with Crippen LogP contribution in [-0.2, 0) is 4.79 Å². The Morgan fingerprint density at radius 2 is 1.88 bits per heavy atom. The van der Waals surface area contributed by atoms with Crippen molar-refractivity contribution in [1.82, 2.24) is 20.4 Å². The van der Waals surface area contributed by atoms with Gasteiger partial charge in [-0.1, -0.05) is 6.42 Å². The number of rotatable bonds is 5. The number of amides is 1. The number of aliphatic imine (C=N–C) groups is 1. The van der Waals surface area contributed by atoms with Crippen molar-refractivity contribution in [2.75, 3.05) is 40.3 Å². The van der Waals surface area contributed by atoms with E-state index in [2.05, 4.69) is 39.3 Å². The molecule has 2 N–H and O–H groups in total. The fraction of sp³-hybridized carbons (Fsp3) is 0.895. The van der Waals surface area contributed by atoms with E-state index < -0.39 is 0 Å². The zero-order valence-electron chi connectivity index (χ0n) is 17.0. The summed E-state index contributed by atoms with van der Waals surface area (Å²) in [5.74, 6) is 1.67. The highest BCUT2D eigenvalue weighted by molar-refractivity contribution is 14.0. The lowest BCUT2D eigenvalue weighted by atomic mass is 9.93. The average molecular weight is 479 g/mol. The van der Waals surface area contributed by atoms with Crippen molar-refractivity contribution < 1.29 is 4.79 Å². The highest BCUT2D eigenvalue weighted by Gasteiger charge is 2.25. The van der Waals surface area contributed by atoms with Crippen LogP contribution in [0.1, 0.15) is 52.4 Å². The van der Waals surface area contributed by atoms with Crippen LogP contribution in [-0.4, -0.2) is 74.0 Å². The van der Waals surface area contributed by atoms with Crippen molar-refractivity contribution in [2.45, 2.75) is 64.5 Å². The van der Waals surface area contributed by atoms with Gasteiger partial charge in [-0.05, 0) is 52.0 Å². The molecule has 152 valence electrons. The smallest absolute Gasteiger partial charge is 0.220 e. The standard InChI is InChI=1S/C19H37N5O.HI/c1-15-7-5-6-10-24(15)16(2)14-22-19(21-4)23-11-8-17(9-12-23)13-18(25)20-3;/h15-17H,5-14H2,1-4H3,(H,20,25)(H,21,22);1H. The first kappa shape index (κ1) is 23.5. The largest absolute Gasteiger partial charge is 0.359 e. The molecule has 0 aromatic rings. The van der Waals surface area contributed by atoms with Gasteiger partial charge in [0, 0.05) is 52.2 Å². The minimum Gasteiger partial charge on any atom is -0.359 e. The van der Waals surface area contributed by atoms with E-state index in [4.69, 9.17) is 0 Å². The van der Waals surface area contributed by atoms with E-state index in [-0.39, 0.29) is 29.9 Å². The van der Waals surface area contributed by atoms with Gasteiger partial charge in [0.15, 0.2) is 5.96 Å². The first-order chi connectivity index (χ1) is 12.0. The molecule has 0 aliphatic carbocycles. The molecule has 0 aromatic carbocycles. The lowest BCUT2D eigenvalue weighted by molar-refractivity contribution is -0.121. The third-order valence-corrected chi connectivity index (χ3v) is 5.85. The number of hydrogen-bond acceptors (Lipinski definition) is 3. The Labute approximate surface area is 176 Å². The van der Waals surface area contributed by atoms with Crippen molar-refractivity contribution in [3.05, 3.63) is 0 Å². The molecule has 0 aromatic heterocycles. The fourth-order valence-corrected chi connectivity index (χ4v) is 4.18. The Kier molecular flexibility index (Phi) is 10.8. The first-order valence-electron chi connectivity index (χ1n) is 9.97. The maximum atomic E-state index is 11.5. The summed E-state index contributed by atoms with van der Waals surface area (Å²) >= 11 is 0. The van der Waals surface area contributed by atoms with E-state index in [1.54, 1.807) is 7.05 Å². The van der Waals surface area contributed by atoms with Gasteiger partial charge in [-0.2, -0.15) is 0 Å². The zero-order chi connectivity index (χ0) is 18.2. The van der Waals surface area contributed by atoms with Crippen LogP contribution in [0.4, 0.5) is 0 Å². The van der Waals surface area contributed by atoms with E-state index >= 15 is 0 Å². The molecule has 2 heterocycles. The summed E-state index contributed by atoms with van der Waals surface area (Å²) in [4.78, 5) is 21.0. The number of carbonyl (C=O) groups is 1. The Hall–Kier alpha value is -0.570. The highest BCUT2D eigenvalue weighted by Crippen LogP contribution is 2.21. The molecule has 26 heavy (non-hydrogen) atoms. The van der Waals surface area contributed by atoms with Gasteiger partial charge in [0.2, 0.25) is 5.91 Å². The lowest BCUT2D eigenvalue weighted by Gasteiger charge is -2.39. The molecule has 2 unspecified atom stereocenters. The maximum Gasteiger partial charge on any atom is 0.220 e. The Morgan fingerprint density at radius 1 is 1.19 bits per heavy atom. The monoisotopic (exact) mass is 479 g/mol. The van der Waals surface area contributed by atoms with Crippen molar-refractivity contribution >= 4 is 35.8 Å². The number of nitrogens with zero attached hydrogens (tertiary/aromatic N) is 3. The summed E-state index contributed by atoms with van der Waals surface area (Å²) < 4.78 is 0. The van der Waals surface area contributed by atoms with E-state index in [9.17, 15) is 4.79 Å². The van der Waals surface area contributed by atoms with Crippen LogP contribution in [0.15, 0.2) is 4.99 Å². The maximum absolute atomic E-state index is 11.5. The molecular weight excluding hydrogens is 441 g/mol. The zero-order valence-corrected chi connectivity index (χ0v) is 19.3. The van der Waals surface area contributed by atoms with Gasteiger partial charge in [-0.15, -0.1) is 24.0 Å². The van der Waals surface area contributed by atoms with E-state index in [0.29, 0.717) is 24.4 Å². The molecule has 2 rings (SSSR count). The molecule has 2 atom stereocenters. The molecule has 0 radical (unpaired) electrons. The third-order valence-electron chi connectivity index (χ3n) is 5.85. The SMILES string of the molecule is CN=C(NCC(C)N1CCCCC1C)N1CCC(CC(=O)NC)CC1.I. The second-order valence-corrected chi connectivity index (χ2v) is 7.67. The molecule has 0 bridgehead atoms. The van der Waals surface area contributed by atoms with Crippen LogP contribution >= 0.6 is 24.0 Å². The van der Waals surface area contributed by atoms with Crippen LogP contribution in [0.25, 0.3) is 0 Å². The Morgan fingerprint density at radius 3 is 2.46 bits per heavy atom. The lowest BCUT2D eigenvalue weighted by Crippen LogP contribution is -2.52. The second kappa shape index (κ2) is 12.0. The second-order valence-electron chi connectivity index (χ2n) is 7.67.